The third kappa shape index (κ3) is 4.67. The minimum Gasteiger partial charge on any atom is -0.465 e. The number of anilines is 1. The van der Waals surface area contributed by atoms with Gasteiger partial charge in [-0.3, -0.25) is 4.90 Å². The number of urea groups is 1. The Labute approximate surface area is 152 Å². The van der Waals surface area contributed by atoms with Crippen molar-refractivity contribution < 1.29 is 14.3 Å². The van der Waals surface area contributed by atoms with Crippen LogP contribution in [0.4, 0.5) is 10.5 Å². The van der Waals surface area contributed by atoms with Crippen LogP contribution >= 0.6 is 11.8 Å². The van der Waals surface area contributed by atoms with Gasteiger partial charge < -0.3 is 15.0 Å². The molecule has 1 aromatic rings. The molecule has 136 valence electrons. The minimum absolute atomic E-state index is 0.0709. The van der Waals surface area contributed by atoms with Gasteiger partial charge in [0.25, 0.3) is 0 Å². The first-order valence-corrected chi connectivity index (χ1v) is 9.89. The molecule has 1 aromatic carbocycles. The van der Waals surface area contributed by atoms with E-state index in [1.54, 1.807) is 24.3 Å². The number of carbonyl (C=O) groups is 2. The van der Waals surface area contributed by atoms with Gasteiger partial charge in [-0.2, -0.15) is 11.8 Å². The zero-order valence-corrected chi connectivity index (χ0v) is 15.4. The lowest BCUT2D eigenvalue weighted by atomic mass is 10.0. The van der Waals surface area contributed by atoms with Gasteiger partial charge in [0.2, 0.25) is 0 Å². The van der Waals surface area contributed by atoms with E-state index < -0.39 is 0 Å². The lowest BCUT2D eigenvalue weighted by Crippen LogP contribution is -2.49. The lowest BCUT2D eigenvalue weighted by Gasteiger charge is -2.40. The van der Waals surface area contributed by atoms with Crippen LogP contribution in [0.25, 0.3) is 0 Å². The summed E-state index contributed by atoms with van der Waals surface area (Å²) in [5.74, 6) is 2.07. The summed E-state index contributed by atoms with van der Waals surface area (Å²) in [4.78, 5) is 28.3. The van der Waals surface area contributed by atoms with Crippen molar-refractivity contribution in [2.75, 3.05) is 50.1 Å². The zero-order chi connectivity index (χ0) is 17.6. The monoisotopic (exact) mass is 363 g/mol. The number of amides is 2. The first kappa shape index (κ1) is 18.1. The second-order valence-corrected chi connectivity index (χ2v) is 7.59. The van der Waals surface area contributed by atoms with Gasteiger partial charge in [0.05, 0.1) is 12.7 Å². The quantitative estimate of drug-likeness (QED) is 0.836. The Morgan fingerprint density at radius 2 is 1.72 bits per heavy atom. The highest BCUT2D eigenvalue weighted by molar-refractivity contribution is 7.99. The fourth-order valence-electron chi connectivity index (χ4n) is 3.39. The summed E-state index contributed by atoms with van der Waals surface area (Å²) in [5.41, 5.74) is 1.16. The van der Waals surface area contributed by atoms with Gasteiger partial charge in [0.15, 0.2) is 0 Å². The van der Waals surface area contributed by atoms with E-state index in [1.807, 2.05) is 16.7 Å². The number of carbonyl (C=O) groups excluding carboxylic acids is 2. The molecule has 2 amide bonds. The van der Waals surface area contributed by atoms with Crippen molar-refractivity contribution in [3.63, 3.8) is 0 Å². The number of ether oxygens (including phenoxy) is 1. The van der Waals surface area contributed by atoms with Crippen molar-refractivity contribution in [1.82, 2.24) is 9.80 Å². The molecule has 2 heterocycles. The Hall–Kier alpha value is -1.73. The summed E-state index contributed by atoms with van der Waals surface area (Å²) >= 11 is 2.03. The summed E-state index contributed by atoms with van der Waals surface area (Å²) < 4.78 is 4.67. The summed E-state index contributed by atoms with van der Waals surface area (Å²) in [5, 5.41) is 2.91. The number of hydrogen-bond donors (Lipinski definition) is 1. The van der Waals surface area contributed by atoms with Crippen molar-refractivity contribution in [1.29, 1.82) is 0 Å². The highest BCUT2D eigenvalue weighted by Gasteiger charge is 2.27. The predicted molar refractivity (Wildman–Crippen MR) is 100 cm³/mol. The Balaban J connectivity index is 1.48. The van der Waals surface area contributed by atoms with Crippen molar-refractivity contribution in [2.24, 2.45) is 0 Å². The molecule has 0 atom stereocenters. The molecule has 1 N–H and O–H groups in total. The van der Waals surface area contributed by atoms with Gasteiger partial charge >= 0.3 is 12.0 Å². The maximum absolute atomic E-state index is 12.4. The Morgan fingerprint density at radius 1 is 1.08 bits per heavy atom. The summed E-state index contributed by atoms with van der Waals surface area (Å²) in [7, 11) is 1.35. The fraction of sp³-hybridized carbons (Fsp3) is 0.556. The van der Waals surface area contributed by atoms with Crippen LogP contribution in [0, 0.1) is 0 Å². The predicted octanol–water partition coefficient (Wildman–Crippen LogP) is 2.52. The number of hydrogen-bond acceptors (Lipinski definition) is 5. The molecule has 3 rings (SSSR count). The van der Waals surface area contributed by atoms with Crippen molar-refractivity contribution in [3.05, 3.63) is 29.8 Å². The topological polar surface area (TPSA) is 61.9 Å². The van der Waals surface area contributed by atoms with E-state index in [9.17, 15) is 9.59 Å². The van der Waals surface area contributed by atoms with Crippen LogP contribution in [0.3, 0.4) is 0 Å². The lowest BCUT2D eigenvalue weighted by molar-refractivity contribution is 0.0600. The van der Waals surface area contributed by atoms with Gasteiger partial charge in [-0.25, -0.2) is 9.59 Å². The molecular formula is C18H25N3O3S. The number of likely N-dealkylation sites (tertiary alicyclic amines) is 1. The highest BCUT2D eigenvalue weighted by atomic mass is 32.2. The van der Waals surface area contributed by atoms with Crippen molar-refractivity contribution in [2.45, 2.75) is 18.9 Å². The third-order valence-corrected chi connectivity index (χ3v) is 5.81. The van der Waals surface area contributed by atoms with E-state index in [4.69, 9.17) is 0 Å². The summed E-state index contributed by atoms with van der Waals surface area (Å²) in [6.45, 7) is 3.93. The van der Waals surface area contributed by atoms with Crippen LogP contribution in [-0.2, 0) is 4.74 Å². The maximum atomic E-state index is 12.4. The van der Waals surface area contributed by atoms with Gasteiger partial charge in [-0.1, -0.05) is 0 Å². The standard InChI is InChI=1S/C18H25N3O3S/c1-24-17(22)14-2-4-15(5-3-14)19-18(23)21-8-6-16(7-9-21)20-10-12-25-13-11-20/h2-5,16H,6-13H2,1H3,(H,19,23). The van der Waals surface area contributed by atoms with Crippen LogP contribution in [0.2, 0.25) is 0 Å². The van der Waals surface area contributed by atoms with Gasteiger partial charge in [0.1, 0.15) is 0 Å². The smallest absolute Gasteiger partial charge is 0.337 e. The largest absolute Gasteiger partial charge is 0.465 e. The number of benzene rings is 1. The van der Waals surface area contributed by atoms with E-state index in [0.717, 1.165) is 25.9 Å². The van der Waals surface area contributed by atoms with E-state index in [0.29, 0.717) is 17.3 Å². The van der Waals surface area contributed by atoms with Gasteiger partial charge in [-0.05, 0) is 37.1 Å². The molecule has 0 unspecified atom stereocenters. The van der Waals surface area contributed by atoms with Gasteiger partial charge in [-0.15, -0.1) is 0 Å². The first-order chi connectivity index (χ1) is 12.2. The van der Waals surface area contributed by atoms with Crippen LogP contribution in [-0.4, -0.2) is 72.6 Å². The summed E-state index contributed by atoms with van der Waals surface area (Å²) in [6, 6.07) is 7.30. The molecule has 0 aromatic heterocycles. The molecule has 6 nitrogen and oxygen atoms in total. The molecule has 25 heavy (non-hydrogen) atoms. The van der Waals surface area contributed by atoms with Crippen LogP contribution in [0.1, 0.15) is 23.2 Å². The molecule has 0 saturated carbocycles. The molecule has 0 spiro atoms. The van der Waals surface area contributed by atoms with Crippen molar-refractivity contribution >= 4 is 29.4 Å². The first-order valence-electron chi connectivity index (χ1n) is 8.73. The number of nitrogens with zero attached hydrogens (tertiary/aromatic N) is 2. The van der Waals surface area contributed by atoms with E-state index in [2.05, 4.69) is 15.0 Å². The van der Waals surface area contributed by atoms with Crippen molar-refractivity contribution in [3.8, 4) is 0 Å². The average Bonchev–Trinajstić information content (AvgIpc) is 2.68. The number of methoxy groups -OCH3 is 1. The second kappa shape index (κ2) is 8.58. The number of nitrogens with one attached hydrogen (secondary N) is 1. The SMILES string of the molecule is COC(=O)c1ccc(NC(=O)N2CCC(N3CCSCC3)CC2)cc1. The number of rotatable bonds is 3. The Morgan fingerprint density at radius 3 is 2.32 bits per heavy atom. The zero-order valence-electron chi connectivity index (χ0n) is 14.6. The van der Waals surface area contributed by atoms with Crippen LogP contribution < -0.4 is 5.32 Å². The Bertz CT molecular complexity index is 594. The third-order valence-electron chi connectivity index (χ3n) is 4.87. The van der Waals surface area contributed by atoms with E-state index in [-0.39, 0.29) is 12.0 Å². The molecule has 2 fully saturated rings. The highest BCUT2D eigenvalue weighted by Crippen LogP contribution is 2.21. The maximum Gasteiger partial charge on any atom is 0.337 e. The summed E-state index contributed by atoms with van der Waals surface area (Å²) in [6.07, 6.45) is 2.08. The molecule has 2 saturated heterocycles. The average molecular weight is 363 g/mol. The Kier molecular flexibility index (Phi) is 6.20. The number of thioether (sulfide) groups is 1. The molecule has 0 bridgehead atoms. The number of esters is 1. The van der Waals surface area contributed by atoms with E-state index in [1.165, 1.54) is 31.7 Å². The molecule has 0 aliphatic carbocycles. The molecule has 7 heteroatoms. The van der Waals surface area contributed by atoms with Gasteiger partial charge in [0, 0.05) is 49.4 Å². The minimum atomic E-state index is -0.379. The fourth-order valence-corrected chi connectivity index (χ4v) is 4.32. The van der Waals surface area contributed by atoms with Crippen LogP contribution in [0.5, 0.6) is 0 Å². The van der Waals surface area contributed by atoms with E-state index >= 15 is 0 Å². The second-order valence-electron chi connectivity index (χ2n) is 6.37. The number of piperidine rings is 1. The molecule has 2 aliphatic heterocycles. The molecular weight excluding hydrogens is 338 g/mol. The molecule has 2 aliphatic rings. The molecule has 0 radical (unpaired) electrons. The normalized spacial score (nSPS) is 19.5. The van der Waals surface area contributed by atoms with Crippen LogP contribution in [0.15, 0.2) is 24.3 Å².